The van der Waals surface area contributed by atoms with E-state index in [0.29, 0.717) is 22.7 Å². The van der Waals surface area contributed by atoms with Crippen LogP contribution >= 0.6 is 0 Å². The third kappa shape index (κ3) is 5.87. The largest absolute Gasteiger partial charge is 0.309 e. The first kappa shape index (κ1) is 37.3. The molecule has 0 aliphatic carbocycles. The molecule has 3 aromatic heterocycles. The normalized spacial score (nSPS) is 11.7. The number of benzene rings is 9. The highest BCUT2D eigenvalue weighted by Crippen LogP contribution is 2.40. The second-order valence-corrected chi connectivity index (χ2v) is 20.1. The van der Waals surface area contributed by atoms with Gasteiger partial charge in [-0.1, -0.05) is 182 Å². The van der Waals surface area contributed by atoms with Gasteiger partial charge in [0.2, 0.25) is 0 Å². The molecule has 0 N–H and O–H groups in total. The van der Waals surface area contributed by atoms with Crippen molar-refractivity contribution in [3.8, 4) is 23.1 Å². The molecule has 298 valence electrons. The van der Waals surface area contributed by atoms with E-state index in [1.165, 1.54) is 20.7 Å². The summed E-state index contributed by atoms with van der Waals surface area (Å²) in [6.07, 6.45) is 0. The van der Waals surface area contributed by atoms with Crippen LogP contribution in [0.1, 0.15) is 5.56 Å². The summed E-state index contributed by atoms with van der Waals surface area (Å²) in [5.41, 5.74) is 5.87. The summed E-state index contributed by atoms with van der Waals surface area (Å²) in [4.78, 5) is 15.9. The van der Waals surface area contributed by atoms with Crippen molar-refractivity contribution in [2.75, 3.05) is 0 Å². The lowest BCUT2D eigenvalue weighted by molar-refractivity contribution is 1.18. The first-order valence-electron chi connectivity index (χ1n) is 21.5. The molecule has 5 nitrogen and oxygen atoms in total. The maximum absolute atomic E-state index is 10.1. The van der Waals surface area contributed by atoms with Crippen LogP contribution in [0.2, 0.25) is 0 Å². The van der Waals surface area contributed by atoms with Crippen LogP contribution in [-0.4, -0.2) is 27.6 Å². The highest BCUT2D eigenvalue weighted by atomic mass is 28.3. The summed E-state index contributed by atoms with van der Waals surface area (Å²) in [5, 5.41) is 23.3. The molecule has 0 unspecified atom stereocenters. The number of para-hydroxylation sites is 1. The Bertz CT molecular complexity index is 3730. The lowest BCUT2D eigenvalue weighted by Gasteiger charge is -2.34. The molecule has 0 radical (unpaired) electrons. The fraction of sp³-hybridized carbons (Fsp3) is 0. The monoisotopic (exact) mass is 831 g/mol. The second kappa shape index (κ2) is 15.1. The Kier molecular flexibility index (Phi) is 8.82. The molecule has 12 rings (SSSR count). The average molecular weight is 832 g/mol. The van der Waals surface area contributed by atoms with Gasteiger partial charge in [0.15, 0.2) is 25.2 Å². The Morgan fingerprint density at radius 3 is 1.42 bits per heavy atom. The van der Waals surface area contributed by atoms with Crippen molar-refractivity contribution in [2.24, 2.45) is 0 Å². The molecular weight excluding hydrogens is 795 g/mol. The van der Waals surface area contributed by atoms with Gasteiger partial charge in [-0.3, -0.25) is 0 Å². The van der Waals surface area contributed by atoms with E-state index in [1.54, 1.807) is 0 Å². The van der Waals surface area contributed by atoms with E-state index in [-0.39, 0.29) is 0 Å². The summed E-state index contributed by atoms with van der Waals surface area (Å²) in [7, 11) is -2.74. The van der Waals surface area contributed by atoms with Crippen molar-refractivity contribution in [3.05, 3.63) is 230 Å². The van der Waals surface area contributed by atoms with E-state index in [9.17, 15) is 5.26 Å². The van der Waals surface area contributed by atoms with Gasteiger partial charge in [0.25, 0.3) is 0 Å². The third-order valence-corrected chi connectivity index (χ3v) is 17.6. The summed E-state index contributed by atoms with van der Waals surface area (Å²) in [6.45, 7) is 0. The minimum atomic E-state index is -2.74. The van der Waals surface area contributed by atoms with Gasteiger partial charge in [-0.05, 0) is 79.4 Å². The minimum absolute atomic E-state index is 0.602. The first-order chi connectivity index (χ1) is 31.7. The van der Waals surface area contributed by atoms with E-state index in [0.717, 1.165) is 65.4 Å². The Labute approximate surface area is 370 Å². The molecule has 0 spiro atoms. The fourth-order valence-corrected chi connectivity index (χ4v) is 14.7. The zero-order valence-corrected chi connectivity index (χ0v) is 35.6. The highest BCUT2D eigenvalue weighted by molar-refractivity contribution is 7.19. The summed E-state index contributed by atoms with van der Waals surface area (Å²) < 4.78 is 2.33. The van der Waals surface area contributed by atoms with E-state index in [4.69, 9.17) is 15.0 Å². The van der Waals surface area contributed by atoms with Crippen LogP contribution in [0.5, 0.6) is 0 Å². The van der Waals surface area contributed by atoms with Gasteiger partial charge in [0.05, 0.1) is 22.7 Å². The fourth-order valence-electron chi connectivity index (χ4n) is 9.95. The molecule has 0 aliphatic rings. The van der Waals surface area contributed by atoms with Crippen molar-refractivity contribution in [2.45, 2.75) is 0 Å². The van der Waals surface area contributed by atoms with Crippen molar-refractivity contribution in [3.63, 3.8) is 0 Å². The van der Waals surface area contributed by atoms with E-state index in [1.807, 2.05) is 18.2 Å². The van der Waals surface area contributed by atoms with Gasteiger partial charge in [-0.2, -0.15) is 5.26 Å². The average Bonchev–Trinajstić information content (AvgIpc) is 3.71. The minimum Gasteiger partial charge on any atom is -0.309 e. The van der Waals surface area contributed by atoms with Gasteiger partial charge in [0.1, 0.15) is 0 Å². The lowest BCUT2D eigenvalue weighted by atomic mass is 10.00. The number of rotatable bonds is 6. The van der Waals surface area contributed by atoms with Crippen LogP contribution in [0.3, 0.4) is 0 Å². The second-order valence-electron chi connectivity index (χ2n) is 16.3. The number of hydrogen-bond donors (Lipinski definition) is 0. The predicted molar refractivity (Wildman–Crippen MR) is 267 cm³/mol. The van der Waals surface area contributed by atoms with Gasteiger partial charge >= 0.3 is 0 Å². The van der Waals surface area contributed by atoms with Crippen LogP contribution in [-0.2, 0) is 0 Å². The summed E-state index contributed by atoms with van der Waals surface area (Å²) in [6, 6.07) is 82.2. The molecular formula is C58H37N5Si. The summed E-state index contributed by atoms with van der Waals surface area (Å²) in [5.74, 6) is 0.611. The Morgan fingerprint density at radius 2 is 0.859 bits per heavy atom. The molecule has 3 heterocycles. The van der Waals surface area contributed by atoms with Gasteiger partial charge in [-0.25, -0.2) is 15.0 Å². The molecule has 0 fully saturated rings. The topological polar surface area (TPSA) is 67.4 Å². The zero-order valence-electron chi connectivity index (χ0n) is 34.6. The van der Waals surface area contributed by atoms with Crippen LogP contribution in [0.4, 0.5) is 0 Å². The molecule has 0 saturated heterocycles. The quantitative estimate of drug-likeness (QED) is 0.124. The Morgan fingerprint density at radius 1 is 0.391 bits per heavy atom. The molecule has 12 aromatic rings. The smallest absolute Gasteiger partial charge is 0.179 e. The molecule has 0 atom stereocenters. The number of nitriles is 1. The van der Waals surface area contributed by atoms with Crippen molar-refractivity contribution >= 4 is 94.2 Å². The van der Waals surface area contributed by atoms with Crippen LogP contribution < -0.4 is 20.7 Å². The zero-order chi connectivity index (χ0) is 42.6. The molecule has 6 heteroatoms. The molecule has 0 saturated carbocycles. The summed E-state index contributed by atoms with van der Waals surface area (Å²) >= 11 is 0. The first-order valence-corrected chi connectivity index (χ1v) is 23.5. The van der Waals surface area contributed by atoms with E-state index < -0.39 is 8.07 Å². The molecule has 4 bridgehead atoms. The van der Waals surface area contributed by atoms with Crippen molar-refractivity contribution in [1.29, 1.82) is 5.26 Å². The van der Waals surface area contributed by atoms with Crippen LogP contribution in [0.15, 0.2) is 224 Å². The maximum Gasteiger partial charge on any atom is 0.179 e. The lowest BCUT2D eigenvalue weighted by Crippen LogP contribution is -2.74. The van der Waals surface area contributed by atoms with Gasteiger partial charge in [0, 0.05) is 38.2 Å². The van der Waals surface area contributed by atoms with Crippen molar-refractivity contribution < 1.29 is 0 Å². The molecule has 64 heavy (non-hydrogen) atoms. The van der Waals surface area contributed by atoms with Crippen LogP contribution in [0, 0.1) is 11.3 Å². The number of hydrogen-bond acceptors (Lipinski definition) is 4. The van der Waals surface area contributed by atoms with Gasteiger partial charge in [-0.15, -0.1) is 0 Å². The van der Waals surface area contributed by atoms with E-state index in [2.05, 4.69) is 217 Å². The molecule has 9 aromatic carbocycles. The number of aromatic nitrogens is 4. The van der Waals surface area contributed by atoms with Crippen molar-refractivity contribution in [1.82, 2.24) is 19.5 Å². The SMILES string of the molecule is N#Cc1ccc2c(c1)c1cc3cc(c4ccccc4c4nc(-c5ccc([Si](c6ccccc6)(c6ccccc6)c6ccccc6)cc5)nc(n4)c4ccccc34)c1n2-c1ccccc1. The third-order valence-electron chi connectivity index (χ3n) is 12.8. The van der Waals surface area contributed by atoms with Crippen LogP contribution in [0.25, 0.3) is 82.5 Å². The predicted octanol–water partition coefficient (Wildman–Crippen LogP) is 11.1. The number of nitrogens with zero attached hydrogens (tertiary/aromatic N) is 5. The highest BCUT2D eigenvalue weighted by Gasteiger charge is 2.41. The maximum atomic E-state index is 10.1. The van der Waals surface area contributed by atoms with E-state index >= 15 is 0 Å². The van der Waals surface area contributed by atoms with Gasteiger partial charge < -0.3 is 4.57 Å². The standard InChI is InChI=1S/C58H37N5Si/c59-38-39-29-34-54-51(35-39)53-37-41-36-52(55(53)63(54)42-17-5-1-6-18-42)48-26-14-16-28-50(48)58-61-56(60-57(62-58)49-27-15-13-25-47(41)49)40-30-32-46(33-31-40)64(43-19-7-2-8-20-43,44-21-9-3-10-22-44)45-23-11-4-12-24-45/h1-37H. The Balaban J connectivity index is 1.16. The molecule has 0 amide bonds. The number of fused-ring (bicyclic) bond motifs is 14. The Hall–Kier alpha value is -8.50. The molecule has 0 aliphatic heterocycles.